The lowest BCUT2D eigenvalue weighted by atomic mass is 10.0. The molecule has 2 aromatic heterocycles. The van der Waals surface area contributed by atoms with Gasteiger partial charge < -0.3 is 14.6 Å². The molecule has 0 aliphatic carbocycles. The zero-order valence-electron chi connectivity index (χ0n) is 15.7. The predicted octanol–water partition coefficient (Wildman–Crippen LogP) is 5.28. The van der Waals surface area contributed by atoms with E-state index < -0.39 is 37.1 Å². The van der Waals surface area contributed by atoms with Gasteiger partial charge in [0.1, 0.15) is 0 Å². The summed E-state index contributed by atoms with van der Waals surface area (Å²) in [5, 5.41) is 5.56. The van der Waals surface area contributed by atoms with Crippen molar-refractivity contribution < 1.29 is 40.4 Å². The number of nitrogens with zero attached hydrogens (tertiary/aromatic N) is 2. The molecule has 3 aromatic rings. The molecular formula is C19H12ClF6N3O3. The fourth-order valence-corrected chi connectivity index (χ4v) is 2.60. The summed E-state index contributed by atoms with van der Waals surface area (Å²) in [6.07, 6.45) is -8.33. The third-order valence-corrected chi connectivity index (χ3v) is 4.17. The van der Waals surface area contributed by atoms with Crippen molar-refractivity contribution in [3.8, 4) is 17.0 Å². The molecule has 0 atom stereocenters. The van der Waals surface area contributed by atoms with E-state index in [1.807, 2.05) is 0 Å². The Kier molecular flexibility index (Phi) is 6.63. The first-order chi connectivity index (χ1) is 14.9. The highest BCUT2D eigenvalue weighted by Crippen LogP contribution is 2.31. The number of carbonyl (C=O) groups excluding carboxylic acids is 1. The molecule has 0 saturated carbocycles. The summed E-state index contributed by atoms with van der Waals surface area (Å²) in [5.41, 5.74) is -0.874. The van der Waals surface area contributed by atoms with Crippen molar-refractivity contribution in [3.05, 3.63) is 64.6 Å². The van der Waals surface area contributed by atoms with Gasteiger partial charge in [-0.2, -0.15) is 26.3 Å². The van der Waals surface area contributed by atoms with Crippen molar-refractivity contribution >= 4 is 17.5 Å². The Balaban J connectivity index is 1.81. The molecule has 1 amide bonds. The van der Waals surface area contributed by atoms with E-state index in [4.69, 9.17) is 16.3 Å². The number of benzene rings is 1. The van der Waals surface area contributed by atoms with Crippen molar-refractivity contribution in [1.29, 1.82) is 0 Å². The molecule has 2 heterocycles. The minimum absolute atomic E-state index is 0.0788. The number of hydrogen-bond donors (Lipinski definition) is 1. The molecule has 32 heavy (non-hydrogen) atoms. The molecule has 0 spiro atoms. The highest BCUT2D eigenvalue weighted by Gasteiger charge is 2.35. The van der Waals surface area contributed by atoms with Gasteiger partial charge in [-0.3, -0.25) is 4.79 Å². The second kappa shape index (κ2) is 9.07. The van der Waals surface area contributed by atoms with Gasteiger partial charge in [0.2, 0.25) is 5.88 Å². The topological polar surface area (TPSA) is 77.3 Å². The van der Waals surface area contributed by atoms with Crippen molar-refractivity contribution in [2.24, 2.45) is 0 Å². The Hall–Kier alpha value is -3.28. The summed E-state index contributed by atoms with van der Waals surface area (Å²) in [7, 11) is 0. The number of hydrogen-bond acceptors (Lipinski definition) is 5. The lowest BCUT2D eigenvalue weighted by molar-refractivity contribution is -0.154. The van der Waals surface area contributed by atoms with E-state index >= 15 is 0 Å². The molecule has 3 rings (SSSR count). The number of amides is 1. The van der Waals surface area contributed by atoms with Gasteiger partial charge in [0.05, 0.1) is 12.1 Å². The monoisotopic (exact) mass is 479 g/mol. The van der Waals surface area contributed by atoms with Gasteiger partial charge in [-0.05, 0) is 23.8 Å². The molecule has 0 saturated heterocycles. The Bertz CT molecular complexity index is 1100. The van der Waals surface area contributed by atoms with Crippen LogP contribution in [0.2, 0.25) is 5.02 Å². The van der Waals surface area contributed by atoms with Crippen LogP contribution in [0.3, 0.4) is 0 Å². The van der Waals surface area contributed by atoms with Crippen LogP contribution in [0.1, 0.15) is 21.8 Å². The molecular weight excluding hydrogens is 468 g/mol. The molecule has 0 bridgehead atoms. The molecule has 170 valence electrons. The summed E-state index contributed by atoms with van der Waals surface area (Å²) < 4.78 is 84.6. The number of ether oxygens (including phenoxy) is 1. The van der Waals surface area contributed by atoms with Crippen LogP contribution < -0.4 is 10.1 Å². The first kappa shape index (κ1) is 23.4. The van der Waals surface area contributed by atoms with Crippen LogP contribution in [0.25, 0.3) is 11.1 Å². The minimum Gasteiger partial charge on any atom is -0.468 e. The summed E-state index contributed by atoms with van der Waals surface area (Å²) >= 11 is 5.83. The number of alkyl halides is 6. The van der Waals surface area contributed by atoms with Crippen molar-refractivity contribution in [3.63, 3.8) is 0 Å². The Labute approximate surface area is 181 Å². The van der Waals surface area contributed by atoms with Gasteiger partial charge in [-0.25, -0.2) is 4.98 Å². The predicted molar refractivity (Wildman–Crippen MR) is 98.9 cm³/mol. The van der Waals surface area contributed by atoms with Crippen molar-refractivity contribution in [2.45, 2.75) is 18.9 Å². The number of rotatable bonds is 6. The van der Waals surface area contributed by atoms with E-state index in [1.54, 1.807) is 0 Å². The fraction of sp³-hybridized carbons (Fsp3) is 0.211. The van der Waals surface area contributed by atoms with Gasteiger partial charge in [0, 0.05) is 22.8 Å². The fourth-order valence-electron chi connectivity index (χ4n) is 2.48. The lowest BCUT2D eigenvalue weighted by Gasteiger charge is -2.13. The zero-order valence-corrected chi connectivity index (χ0v) is 16.5. The lowest BCUT2D eigenvalue weighted by Crippen LogP contribution is -2.23. The molecule has 1 N–H and O–H groups in total. The van der Waals surface area contributed by atoms with Gasteiger partial charge in [0.15, 0.2) is 18.1 Å². The molecule has 0 fully saturated rings. The first-order valence-electron chi connectivity index (χ1n) is 8.69. The van der Waals surface area contributed by atoms with Crippen LogP contribution in [-0.4, -0.2) is 28.8 Å². The molecule has 13 heteroatoms. The molecule has 0 radical (unpaired) electrons. The van der Waals surface area contributed by atoms with Crippen molar-refractivity contribution in [2.75, 3.05) is 6.61 Å². The third kappa shape index (κ3) is 6.13. The smallest absolute Gasteiger partial charge is 0.436 e. The van der Waals surface area contributed by atoms with Gasteiger partial charge in [0.25, 0.3) is 5.91 Å². The largest absolute Gasteiger partial charge is 0.468 e. The average Bonchev–Trinajstić information content (AvgIpc) is 3.20. The SMILES string of the molecule is O=C(NCc1cc(C(F)(F)F)no1)c1cnc(OCC(F)(F)F)c(-c2ccc(Cl)cc2)c1. The first-order valence-corrected chi connectivity index (χ1v) is 9.07. The van der Waals surface area contributed by atoms with E-state index in [0.29, 0.717) is 16.7 Å². The Morgan fingerprint density at radius 1 is 1.09 bits per heavy atom. The van der Waals surface area contributed by atoms with Crippen LogP contribution in [0.15, 0.2) is 47.1 Å². The maximum absolute atomic E-state index is 12.6. The number of aromatic nitrogens is 2. The quantitative estimate of drug-likeness (QED) is 0.487. The van der Waals surface area contributed by atoms with E-state index in [-0.39, 0.29) is 22.8 Å². The van der Waals surface area contributed by atoms with Gasteiger partial charge in [-0.1, -0.05) is 28.9 Å². The summed E-state index contributed by atoms with van der Waals surface area (Å²) in [4.78, 5) is 16.2. The maximum atomic E-state index is 12.6. The van der Waals surface area contributed by atoms with Crippen LogP contribution in [0, 0.1) is 0 Å². The van der Waals surface area contributed by atoms with Crippen LogP contribution in [-0.2, 0) is 12.7 Å². The maximum Gasteiger partial charge on any atom is 0.436 e. The van der Waals surface area contributed by atoms with Gasteiger partial charge >= 0.3 is 12.4 Å². The standard InChI is InChI=1S/C19H12ClF6N3O3/c20-12-3-1-10(2-4-12)14-5-11(7-28-17(14)31-9-18(21,22)23)16(30)27-8-13-6-15(29-32-13)19(24,25)26/h1-7H,8-9H2,(H,27,30). The number of halogens is 7. The molecule has 0 unspecified atom stereocenters. The average molecular weight is 480 g/mol. The molecule has 1 aromatic carbocycles. The normalized spacial score (nSPS) is 12.0. The van der Waals surface area contributed by atoms with E-state index in [1.165, 1.54) is 30.3 Å². The summed E-state index contributed by atoms with van der Waals surface area (Å²) in [5.74, 6) is -1.38. The Morgan fingerprint density at radius 3 is 2.38 bits per heavy atom. The zero-order chi connectivity index (χ0) is 23.5. The molecule has 6 nitrogen and oxygen atoms in total. The summed E-state index contributed by atoms with van der Waals surface area (Å²) in [6.45, 7) is -2.01. The van der Waals surface area contributed by atoms with E-state index in [9.17, 15) is 31.1 Å². The highest BCUT2D eigenvalue weighted by atomic mass is 35.5. The van der Waals surface area contributed by atoms with Crippen LogP contribution in [0.5, 0.6) is 5.88 Å². The minimum atomic E-state index is -4.70. The van der Waals surface area contributed by atoms with E-state index in [0.717, 1.165) is 6.20 Å². The molecule has 0 aliphatic rings. The molecule has 0 aliphatic heterocycles. The number of nitrogens with one attached hydrogen (secondary N) is 1. The van der Waals surface area contributed by atoms with Crippen molar-refractivity contribution in [1.82, 2.24) is 15.5 Å². The summed E-state index contributed by atoms with van der Waals surface area (Å²) in [6, 6.07) is 7.83. The van der Waals surface area contributed by atoms with E-state index in [2.05, 4.69) is 20.0 Å². The second-order valence-corrected chi connectivity index (χ2v) is 6.78. The van der Waals surface area contributed by atoms with Crippen LogP contribution >= 0.6 is 11.6 Å². The third-order valence-electron chi connectivity index (χ3n) is 3.91. The van der Waals surface area contributed by atoms with Crippen LogP contribution in [0.4, 0.5) is 26.3 Å². The van der Waals surface area contributed by atoms with Gasteiger partial charge in [-0.15, -0.1) is 0 Å². The number of pyridine rings is 1. The highest BCUT2D eigenvalue weighted by molar-refractivity contribution is 6.30. The number of carbonyl (C=O) groups is 1. The second-order valence-electron chi connectivity index (χ2n) is 6.35. The Morgan fingerprint density at radius 2 is 1.78 bits per heavy atom.